The molecule has 1 unspecified atom stereocenters. The Kier molecular flexibility index (Phi) is 11.9. The lowest BCUT2D eigenvalue weighted by Gasteiger charge is -2.24. The summed E-state index contributed by atoms with van der Waals surface area (Å²) in [6.07, 6.45) is 7.87. The average molecular weight is 256 g/mol. The fourth-order valence-corrected chi connectivity index (χ4v) is 2.65. The van der Waals surface area contributed by atoms with Gasteiger partial charge in [-0.15, -0.1) is 0 Å². The first-order chi connectivity index (χ1) is 8.67. The topological polar surface area (TPSA) is 15.3 Å². The van der Waals surface area contributed by atoms with Crippen molar-refractivity contribution in [3.8, 4) is 0 Å². The molecule has 0 rings (SSSR count). The van der Waals surface area contributed by atoms with E-state index in [0.29, 0.717) is 6.04 Å². The normalized spacial score (nSPS) is 13.5. The minimum Gasteiger partial charge on any atom is -0.312 e. The Hall–Kier alpha value is -0.0800. The van der Waals surface area contributed by atoms with Crippen LogP contribution in [0.1, 0.15) is 73.1 Å². The zero-order chi connectivity index (χ0) is 13.8. The van der Waals surface area contributed by atoms with Crippen LogP contribution in [0.3, 0.4) is 0 Å². The maximum Gasteiger partial charge on any atom is 0.00693 e. The van der Waals surface area contributed by atoms with E-state index in [1.807, 2.05) is 0 Å². The molecule has 0 bridgehead atoms. The number of nitrogens with one attached hydrogen (secondary N) is 1. The van der Waals surface area contributed by atoms with Gasteiger partial charge in [0.25, 0.3) is 0 Å². The third-order valence-electron chi connectivity index (χ3n) is 3.80. The van der Waals surface area contributed by atoms with Crippen molar-refractivity contribution in [2.24, 2.45) is 0 Å². The molecule has 0 radical (unpaired) electrons. The predicted molar refractivity (Wildman–Crippen MR) is 83.2 cm³/mol. The van der Waals surface area contributed by atoms with E-state index in [-0.39, 0.29) is 0 Å². The Labute approximate surface area is 116 Å². The van der Waals surface area contributed by atoms with E-state index < -0.39 is 0 Å². The van der Waals surface area contributed by atoms with Gasteiger partial charge in [0.15, 0.2) is 0 Å². The second-order valence-electron chi connectivity index (χ2n) is 5.51. The second kappa shape index (κ2) is 12.0. The molecule has 2 heteroatoms. The monoisotopic (exact) mass is 256 g/mol. The Balaban J connectivity index is 3.75. The van der Waals surface area contributed by atoms with Gasteiger partial charge in [0.05, 0.1) is 0 Å². The van der Waals surface area contributed by atoms with Crippen molar-refractivity contribution in [2.75, 3.05) is 19.6 Å². The molecule has 0 aromatic rings. The van der Waals surface area contributed by atoms with E-state index in [2.05, 4.69) is 44.8 Å². The molecule has 0 aromatic heterocycles. The molecule has 110 valence electrons. The summed E-state index contributed by atoms with van der Waals surface area (Å²) in [6, 6.07) is 1.41. The van der Waals surface area contributed by atoms with E-state index >= 15 is 0 Å². The zero-order valence-electron chi connectivity index (χ0n) is 13.5. The van der Waals surface area contributed by atoms with Crippen molar-refractivity contribution in [3.63, 3.8) is 0 Å². The van der Waals surface area contributed by atoms with Gasteiger partial charge < -0.3 is 10.2 Å². The number of nitrogens with zero attached hydrogens (tertiary/aromatic N) is 1. The fraction of sp³-hybridized carbons (Fsp3) is 1.00. The zero-order valence-corrected chi connectivity index (χ0v) is 13.5. The highest BCUT2D eigenvalue weighted by atomic mass is 15.1. The van der Waals surface area contributed by atoms with Crippen molar-refractivity contribution in [1.29, 1.82) is 0 Å². The molecule has 0 amide bonds. The number of rotatable bonds is 12. The van der Waals surface area contributed by atoms with Crippen LogP contribution in [0.25, 0.3) is 0 Å². The summed E-state index contributed by atoms with van der Waals surface area (Å²) in [5.41, 5.74) is 0. The molecule has 0 aromatic carbocycles. The van der Waals surface area contributed by atoms with Crippen LogP contribution in [0.5, 0.6) is 0 Å². The van der Waals surface area contributed by atoms with Gasteiger partial charge in [0, 0.05) is 12.1 Å². The van der Waals surface area contributed by atoms with Gasteiger partial charge in [0.2, 0.25) is 0 Å². The Morgan fingerprint density at radius 1 is 0.889 bits per heavy atom. The van der Waals surface area contributed by atoms with Gasteiger partial charge in [-0.25, -0.2) is 0 Å². The van der Waals surface area contributed by atoms with Crippen LogP contribution in [0.2, 0.25) is 0 Å². The molecule has 0 fully saturated rings. The summed E-state index contributed by atoms with van der Waals surface area (Å²) in [6.45, 7) is 15.1. The molecule has 0 heterocycles. The maximum atomic E-state index is 3.81. The lowest BCUT2D eigenvalue weighted by atomic mass is 10.0. The minimum atomic E-state index is 0.670. The van der Waals surface area contributed by atoms with Gasteiger partial charge >= 0.3 is 0 Å². The average Bonchev–Trinajstić information content (AvgIpc) is 2.35. The molecular formula is C16H36N2. The smallest absolute Gasteiger partial charge is 0.00693 e. The highest BCUT2D eigenvalue weighted by molar-refractivity contribution is 4.71. The summed E-state index contributed by atoms with van der Waals surface area (Å²) in [5, 5.41) is 3.81. The van der Waals surface area contributed by atoms with Gasteiger partial charge in [-0.3, -0.25) is 0 Å². The molecule has 0 saturated heterocycles. The quantitative estimate of drug-likeness (QED) is 0.566. The molecule has 0 aliphatic carbocycles. The first kappa shape index (κ1) is 17.9. The highest BCUT2D eigenvalue weighted by Gasteiger charge is 2.10. The number of hydrogen-bond donors (Lipinski definition) is 1. The van der Waals surface area contributed by atoms with E-state index in [1.54, 1.807) is 0 Å². The third kappa shape index (κ3) is 8.93. The summed E-state index contributed by atoms with van der Waals surface area (Å²) >= 11 is 0. The van der Waals surface area contributed by atoms with E-state index in [0.717, 1.165) is 6.04 Å². The van der Waals surface area contributed by atoms with Crippen molar-refractivity contribution >= 4 is 0 Å². The van der Waals surface area contributed by atoms with Crippen molar-refractivity contribution in [1.82, 2.24) is 10.2 Å². The largest absolute Gasteiger partial charge is 0.312 e. The van der Waals surface area contributed by atoms with Gasteiger partial charge in [-0.2, -0.15) is 0 Å². The van der Waals surface area contributed by atoms with Gasteiger partial charge in [-0.1, -0.05) is 40.5 Å². The van der Waals surface area contributed by atoms with Crippen LogP contribution in [-0.2, 0) is 0 Å². The molecule has 2 nitrogen and oxygen atoms in total. The molecule has 0 aliphatic heterocycles. The first-order valence-corrected chi connectivity index (χ1v) is 8.16. The third-order valence-corrected chi connectivity index (χ3v) is 3.80. The van der Waals surface area contributed by atoms with Crippen molar-refractivity contribution in [3.05, 3.63) is 0 Å². The number of hydrogen-bond acceptors (Lipinski definition) is 2. The SMILES string of the molecule is CCCC(CCC)NC(C)CCCN(CC)CC. The van der Waals surface area contributed by atoms with E-state index in [9.17, 15) is 0 Å². The van der Waals surface area contributed by atoms with Crippen LogP contribution in [0.4, 0.5) is 0 Å². The lowest BCUT2D eigenvalue weighted by molar-refractivity contribution is 0.285. The first-order valence-electron chi connectivity index (χ1n) is 8.16. The highest BCUT2D eigenvalue weighted by Crippen LogP contribution is 2.08. The van der Waals surface area contributed by atoms with Gasteiger partial charge in [-0.05, 0) is 52.2 Å². The van der Waals surface area contributed by atoms with Gasteiger partial charge in [0.1, 0.15) is 0 Å². The van der Waals surface area contributed by atoms with Crippen LogP contribution in [-0.4, -0.2) is 36.6 Å². The van der Waals surface area contributed by atoms with Crippen molar-refractivity contribution in [2.45, 2.75) is 85.2 Å². The molecule has 1 atom stereocenters. The van der Waals surface area contributed by atoms with E-state index in [4.69, 9.17) is 0 Å². The standard InChI is InChI=1S/C16H36N2/c1-6-11-16(12-7-2)17-15(5)13-10-14-18(8-3)9-4/h15-17H,6-14H2,1-5H3. The Morgan fingerprint density at radius 2 is 1.44 bits per heavy atom. The van der Waals surface area contributed by atoms with Crippen LogP contribution in [0, 0.1) is 0 Å². The molecule has 1 N–H and O–H groups in total. The molecule has 0 spiro atoms. The summed E-state index contributed by atoms with van der Waals surface area (Å²) in [5.74, 6) is 0. The summed E-state index contributed by atoms with van der Waals surface area (Å²) in [7, 11) is 0. The predicted octanol–water partition coefficient (Wildman–Crippen LogP) is 4.06. The van der Waals surface area contributed by atoms with Crippen molar-refractivity contribution < 1.29 is 0 Å². The minimum absolute atomic E-state index is 0.670. The summed E-state index contributed by atoms with van der Waals surface area (Å²) in [4.78, 5) is 2.52. The Bertz CT molecular complexity index is 160. The Morgan fingerprint density at radius 3 is 1.89 bits per heavy atom. The lowest BCUT2D eigenvalue weighted by Crippen LogP contribution is -2.37. The molecule has 0 aliphatic rings. The summed E-state index contributed by atoms with van der Waals surface area (Å²) < 4.78 is 0. The second-order valence-corrected chi connectivity index (χ2v) is 5.51. The fourth-order valence-electron chi connectivity index (χ4n) is 2.65. The molecule has 18 heavy (non-hydrogen) atoms. The van der Waals surface area contributed by atoms with E-state index in [1.165, 1.54) is 58.2 Å². The molecule has 0 saturated carbocycles. The van der Waals surface area contributed by atoms with Crippen LogP contribution < -0.4 is 5.32 Å². The van der Waals surface area contributed by atoms with Crippen LogP contribution >= 0.6 is 0 Å². The molecular weight excluding hydrogens is 220 g/mol. The van der Waals surface area contributed by atoms with Crippen LogP contribution in [0.15, 0.2) is 0 Å². The maximum absolute atomic E-state index is 3.81.